The highest BCUT2D eigenvalue weighted by Gasteiger charge is 2.17. The Morgan fingerprint density at radius 1 is 0.625 bits per heavy atom. The van der Waals surface area contributed by atoms with Crippen LogP contribution in [-0.4, -0.2) is 19.7 Å². The van der Waals surface area contributed by atoms with Crippen LogP contribution in [0.4, 0.5) is 28.4 Å². The third kappa shape index (κ3) is 18.2. The monoisotopic (exact) mass is 766 g/mol. The molecule has 3 rings (SSSR count). The molecule has 310 valence electrons. The summed E-state index contributed by atoms with van der Waals surface area (Å²) in [6.45, 7) is 25.3. The Hall–Kier alpha value is -3.54. The molecule has 0 aliphatic carbocycles. The van der Waals surface area contributed by atoms with Crippen LogP contribution < -0.4 is 9.64 Å². The van der Waals surface area contributed by atoms with Crippen molar-refractivity contribution in [1.29, 1.82) is 0 Å². The number of azo groups is 2. The van der Waals surface area contributed by atoms with E-state index in [0.29, 0.717) is 24.0 Å². The van der Waals surface area contributed by atoms with Crippen LogP contribution in [0.3, 0.4) is 0 Å². The van der Waals surface area contributed by atoms with Crippen molar-refractivity contribution in [3.8, 4) is 5.75 Å². The third-order valence-electron chi connectivity index (χ3n) is 11.0. The number of hydrogen-bond acceptors (Lipinski definition) is 6. The van der Waals surface area contributed by atoms with E-state index in [1.807, 2.05) is 31.2 Å². The van der Waals surface area contributed by atoms with Crippen molar-refractivity contribution in [3.05, 3.63) is 71.3 Å². The van der Waals surface area contributed by atoms with Crippen molar-refractivity contribution in [3.63, 3.8) is 0 Å². The molecule has 56 heavy (non-hydrogen) atoms. The molecule has 0 spiro atoms. The molecule has 0 N–H and O–H groups in total. The summed E-state index contributed by atoms with van der Waals surface area (Å²) in [5.41, 5.74) is 8.11. The fourth-order valence-electron chi connectivity index (χ4n) is 7.61. The van der Waals surface area contributed by atoms with Gasteiger partial charge in [0.2, 0.25) is 0 Å². The maximum Gasteiger partial charge on any atom is 0.149 e. The van der Waals surface area contributed by atoms with Crippen LogP contribution >= 0.6 is 0 Å². The van der Waals surface area contributed by atoms with E-state index in [1.54, 1.807) is 0 Å². The summed E-state index contributed by atoms with van der Waals surface area (Å²) in [4.78, 5) is 2.66. The van der Waals surface area contributed by atoms with E-state index < -0.39 is 0 Å². The van der Waals surface area contributed by atoms with Crippen LogP contribution in [0.2, 0.25) is 0 Å². The molecule has 6 heteroatoms. The summed E-state index contributed by atoms with van der Waals surface area (Å²) in [6.07, 6.45) is 20.8. The highest BCUT2D eigenvalue weighted by Crippen LogP contribution is 2.38. The zero-order valence-electron chi connectivity index (χ0n) is 37.4. The fourth-order valence-corrected chi connectivity index (χ4v) is 7.61. The SMILES string of the molecule is CCCCCCCCCCCCN(CC(CC)CCCC)c1ccc(N=Nc2cc(C)c(N=Nc3ccc(C)cc3)cc2OCCC(C)CC(C)(C)C)c(C)c1. The molecule has 0 amide bonds. The lowest BCUT2D eigenvalue weighted by Crippen LogP contribution is -2.30. The van der Waals surface area contributed by atoms with E-state index in [4.69, 9.17) is 15.0 Å². The molecule has 6 nitrogen and oxygen atoms in total. The smallest absolute Gasteiger partial charge is 0.149 e. The summed E-state index contributed by atoms with van der Waals surface area (Å²) in [6, 6.07) is 18.8. The Morgan fingerprint density at radius 2 is 1.23 bits per heavy atom. The van der Waals surface area contributed by atoms with Gasteiger partial charge in [0, 0.05) is 24.8 Å². The zero-order chi connectivity index (χ0) is 40.8. The van der Waals surface area contributed by atoms with Crippen molar-refractivity contribution >= 4 is 28.4 Å². The molecule has 0 aromatic heterocycles. The second kappa shape index (κ2) is 25.7. The van der Waals surface area contributed by atoms with Gasteiger partial charge in [-0.25, -0.2) is 0 Å². The first-order valence-electron chi connectivity index (χ1n) is 22.5. The summed E-state index contributed by atoms with van der Waals surface area (Å²) >= 11 is 0. The molecule has 0 bridgehead atoms. The molecule has 0 saturated carbocycles. The first kappa shape index (κ1) is 46.8. The minimum Gasteiger partial charge on any atom is -0.491 e. The van der Waals surface area contributed by atoms with Crippen LogP contribution in [0.15, 0.2) is 75.1 Å². The Kier molecular flexibility index (Phi) is 21.5. The van der Waals surface area contributed by atoms with Gasteiger partial charge < -0.3 is 9.64 Å². The lowest BCUT2D eigenvalue weighted by atomic mass is 9.84. The average Bonchev–Trinajstić information content (AvgIpc) is 3.16. The molecular formula is C50H79N5O. The molecule has 0 heterocycles. The van der Waals surface area contributed by atoms with Gasteiger partial charge in [-0.15, -0.1) is 5.11 Å². The first-order chi connectivity index (χ1) is 26.9. The number of nitrogens with zero attached hydrogens (tertiary/aromatic N) is 5. The molecule has 2 unspecified atom stereocenters. The molecule has 3 aromatic rings. The van der Waals surface area contributed by atoms with Gasteiger partial charge in [-0.3, -0.25) is 0 Å². The molecule has 2 atom stereocenters. The van der Waals surface area contributed by atoms with Gasteiger partial charge in [-0.2, -0.15) is 15.3 Å². The number of benzene rings is 3. The number of anilines is 1. The number of aryl methyl sites for hydroxylation is 3. The van der Waals surface area contributed by atoms with Crippen LogP contribution in [0.1, 0.15) is 168 Å². The Balaban J connectivity index is 1.79. The van der Waals surface area contributed by atoms with E-state index in [9.17, 15) is 0 Å². The van der Waals surface area contributed by atoms with E-state index in [-0.39, 0.29) is 5.41 Å². The van der Waals surface area contributed by atoms with Gasteiger partial charge in [0.1, 0.15) is 11.4 Å². The van der Waals surface area contributed by atoms with E-state index in [1.165, 1.54) is 101 Å². The van der Waals surface area contributed by atoms with E-state index >= 15 is 0 Å². The number of ether oxygens (including phenoxy) is 1. The largest absolute Gasteiger partial charge is 0.491 e. The standard InChI is InChI=1S/C50H79N5O/c1-11-14-16-17-18-19-20-21-22-23-32-55(38-43(13-3)24-15-12-2)45-29-30-46(41(6)34-45)52-54-48-35-42(7)47(53-51-44-27-25-39(4)26-28-44)36-49(48)56-33-31-40(5)37-50(8,9)10/h25-30,34-36,40,43H,11-24,31-33,37-38H2,1-10H3. The van der Waals surface area contributed by atoms with Gasteiger partial charge in [-0.05, 0) is 111 Å². The first-order valence-corrected chi connectivity index (χ1v) is 22.5. The van der Waals surface area contributed by atoms with Crippen LogP contribution in [0.25, 0.3) is 0 Å². The molecule has 0 fully saturated rings. The highest BCUT2D eigenvalue weighted by atomic mass is 16.5. The quantitative estimate of drug-likeness (QED) is 0.0573. The average molecular weight is 766 g/mol. The Bertz CT molecular complexity index is 1590. The van der Waals surface area contributed by atoms with Gasteiger partial charge in [0.05, 0.1) is 23.7 Å². The molecule has 0 saturated heterocycles. The predicted octanol–water partition coefficient (Wildman–Crippen LogP) is 17.2. The van der Waals surface area contributed by atoms with Crippen molar-refractivity contribution in [2.24, 2.45) is 37.7 Å². The predicted molar refractivity (Wildman–Crippen MR) is 243 cm³/mol. The maximum absolute atomic E-state index is 6.46. The molecule has 0 aliphatic rings. The third-order valence-corrected chi connectivity index (χ3v) is 11.0. The van der Waals surface area contributed by atoms with Crippen molar-refractivity contribution in [2.45, 2.75) is 172 Å². The van der Waals surface area contributed by atoms with Gasteiger partial charge in [0.15, 0.2) is 0 Å². The maximum atomic E-state index is 6.46. The minimum absolute atomic E-state index is 0.288. The van der Waals surface area contributed by atoms with Crippen molar-refractivity contribution in [1.82, 2.24) is 0 Å². The summed E-state index contributed by atoms with van der Waals surface area (Å²) in [7, 11) is 0. The van der Waals surface area contributed by atoms with E-state index in [0.717, 1.165) is 60.0 Å². The fraction of sp³-hybridized carbons (Fsp3) is 0.640. The van der Waals surface area contributed by atoms with Crippen LogP contribution in [-0.2, 0) is 0 Å². The topological polar surface area (TPSA) is 61.9 Å². The normalized spacial score (nSPS) is 13.2. The van der Waals surface area contributed by atoms with Crippen LogP contribution in [0, 0.1) is 38.0 Å². The lowest BCUT2D eigenvalue weighted by molar-refractivity contribution is 0.241. The number of rotatable bonds is 27. The van der Waals surface area contributed by atoms with Crippen molar-refractivity contribution < 1.29 is 4.74 Å². The van der Waals surface area contributed by atoms with Crippen molar-refractivity contribution in [2.75, 3.05) is 24.6 Å². The molecule has 0 aliphatic heterocycles. The summed E-state index contributed by atoms with van der Waals surface area (Å²) in [5.74, 6) is 1.96. The van der Waals surface area contributed by atoms with Gasteiger partial charge in [0.25, 0.3) is 0 Å². The Morgan fingerprint density at radius 3 is 1.86 bits per heavy atom. The van der Waals surface area contributed by atoms with Gasteiger partial charge in [-0.1, -0.05) is 143 Å². The van der Waals surface area contributed by atoms with E-state index in [2.05, 4.69) is 108 Å². The minimum atomic E-state index is 0.288. The number of unbranched alkanes of at least 4 members (excludes halogenated alkanes) is 10. The zero-order valence-corrected chi connectivity index (χ0v) is 37.4. The lowest BCUT2D eigenvalue weighted by Gasteiger charge is -2.30. The second-order valence-electron chi connectivity index (χ2n) is 17.9. The molecule has 0 radical (unpaired) electrons. The second-order valence-corrected chi connectivity index (χ2v) is 17.9. The van der Waals surface area contributed by atoms with Crippen LogP contribution in [0.5, 0.6) is 5.75 Å². The molecular weight excluding hydrogens is 687 g/mol. The molecule has 3 aromatic carbocycles. The highest BCUT2D eigenvalue weighted by molar-refractivity contribution is 5.64. The summed E-state index contributed by atoms with van der Waals surface area (Å²) in [5, 5.41) is 18.8. The number of hydrogen-bond donors (Lipinski definition) is 0. The summed E-state index contributed by atoms with van der Waals surface area (Å²) < 4.78 is 6.46. The van der Waals surface area contributed by atoms with Gasteiger partial charge >= 0.3 is 0 Å². The Labute approximate surface area is 343 Å².